The summed E-state index contributed by atoms with van der Waals surface area (Å²) in [5, 5.41) is 15.8. The highest BCUT2D eigenvalue weighted by atomic mass is 19.4. The number of nitrogens with zero attached hydrogens (tertiary/aromatic N) is 7. The number of urea groups is 1. The number of fused-ring (bicyclic) bond motifs is 1. The van der Waals surface area contributed by atoms with Crippen molar-refractivity contribution in [3.63, 3.8) is 0 Å². The standard InChI is InChI=1S/C24H24F7N9O3/c1-11-16(38-43-37-11)18(41)36-17(12-2-4-22(25,26)5-3-12)13-7-40-19(33-13)34-14(6-32-40)21(9-23(27,28)10-21)39-8-15(24(29,30)31)35-20(39)42/h6-7,12,15,17H,2-5,8-10H2,1H3,(H,35,42)(H,36,41)/t15-,17-/m0/s1. The fourth-order valence-corrected chi connectivity index (χ4v) is 6.05. The lowest BCUT2D eigenvalue weighted by atomic mass is 9.70. The molecular weight excluding hydrogens is 595 g/mol. The second kappa shape index (κ2) is 9.73. The van der Waals surface area contributed by atoms with Crippen molar-refractivity contribution in [2.45, 2.75) is 81.1 Å². The normalized spacial score (nSPS) is 24.0. The Hall–Kier alpha value is -4.06. The number of hydrogen-bond donors (Lipinski definition) is 2. The zero-order chi connectivity index (χ0) is 30.9. The maximum atomic E-state index is 14.2. The minimum Gasteiger partial charge on any atom is -0.342 e. The number of aromatic nitrogens is 6. The Morgan fingerprint density at radius 2 is 1.81 bits per heavy atom. The minimum atomic E-state index is -4.80. The van der Waals surface area contributed by atoms with E-state index in [1.165, 1.54) is 13.1 Å². The molecule has 1 saturated heterocycles. The van der Waals surface area contributed by atoms with Crippen LogP contribution in [0.15, 0.2) is 17.0 Å². The summed E-state index contributed by atoms with van der Waals surface area (Å²) in [5.74, 6) is -7.47. The summed E-state index contributed by atoms with van der Waals surface area (Å²) in [6.45, 7) is 0.584. The van der Waals surface area contributed by atoms with E-state index in [0.29, 0.717) is 4.90 Å². The van der Waals surface area contributed by atoms with Gasteiger partial charge in [-0.2, -0.15) is 18.3 Å². The van der Waals surface area contributed by atoms with E-state index >= 15 is 0 Å². The average Bonchev–Trinajstić information content (AvgIpc) is 3.63. The summed E-state index contributed by atoms with van der Waals surface area (Å²) >= 11 is 0. The van der Waals surface area contributed by atoms with Crippen molar-refractivity contribution in [1.82, 2.24) is 45.4 Å². The van der Waals surface area contributed by atoms with Crippen molar-refractivity contribution in [2.24, 2.45) is 5.92 Å². The van der Waals surface area contributed by atoms with Crippen LogP contribution < -0.4 is 10.6 Å². The van der Waals surface area contributed by atoms with Gasteiger partial charge in [-0.25, -0.2) is 41.5 Å². The third kappa shape index (κ3) is 5.21. The van der Waals surface area contributed by atoms with E-state index in [1.807, 2.05) is 0 Å². The highest BCUT2D eigenvalue weighted by Crippen LogP contribution is 2.55. The van der Waals surface area contributed by atoms with Crippen LogP contribution in [0, 0.1) is 12.8 Å². The topological polar surface area (TPSA) is 143 Å². The molecule has 0 radical (unpaired) electrons. The zero-order valence-electron chi connectivity index (χ0n) is 22.3. The molecule has 3 fully saturated rings. The number of alkyl halides is 7. The number of aryl methyl sites for hydroxylation is 1. The molecule has 43 heavy (non-hydrogen) atoms. The molecule has 232 valence electrons. The maximum absolute atomic E-state index is 14.2. The molecule has 0 unspecified atom stereocenters. The van der Waals surface area contributed by atoms with E-state index in [4.69, 9.17) is 0 Å². The first-order valence-corrected chi connectivity index (χ1v) is 13.3. The van der Waals surface area contributed by atoms with Crippen LogP contribution in [0.25, 0.3) is 5.78 Å². The second-order valence-electron chi connectivity index (χ2n) is 11.3. The predicted octanol–water partition coefficient (Wildman–Crippen LogP) is 3.69. The summed E-state index contributed by atoms with van der Waals surface area (Å²) in [4.78, 5) is 34.9. The Morgan fingerprint density at radius 1 is 1.12 bits per heavy atom. The highest BCUT2D eigenvalue weighted by Gasteiger charge is 2.65. The average molecular weight is 620 g/mol. The molecule has 3 amide bonds. The molecule has 19 heteroatoms. The molecular formula is C24H24F7N9O3. The van der Waals surface area contributed by atoms with Crippen LogP contribution in [-0.2, 0) is 5.54 Å². The van der Waals surface area contributed by atoms with Crippen molar-refractivity contribution in [2.75, 3.05) is 6.54 Å². The molecule has 4 heterocycles. The Morgan fingerprint density at radius 3 is 2.40 bits per heavy atom. The molecule has 3 aromatic heterocycles. The van der Waals surface area contributed by atoms with E-state index in [9.17, 15) is 40.3 Å². The first-order valence-electron chi connectivity index (χ1n) is 13.3. The van der Waals surface area contributed by atoms with Gasteiger partial charge in [-0.05, 0) is 30.8 Å². The van der Waals surface area contributed by atoms with E-state index in [1.54, 1.807) is 5.32 Å². The summed E-state index contributed by atoms with van der Waals surface area (Å²) in [6, 6.07) is -4.35. The monoisotopic (exact) mass is 619 g/mol. The van der Waals surface area contributed by atoms with Crippen molar-refractivity contribution in [3.05, 3.63) is 35.2 Å². The Labute approximate surface area is 237 Å². The fourth-order valence-electron chi connectivity index (χ4n) is 6.05. The summed E-state index contributed by atoms with van der Waals surface area (Å²) in [6.07, 6.45) is -5.07. The summed E-state index contributed by atoms with van der Waals surface area (Å²) in [5.41, 5.74) is -1.84. The number of amides is 3. The number of rotatable bonds is 6. The Bertz CT molecular complexity index is 1550. The third-order valence-electron chi connectivity index (χ3n) is 8.32. The number of carbonyl (C=O) groups is 2. The molecule has 0 spiro atoms. The van der Waals surface area contributed by atoms with Crippen LogP contribution in [0.4, 0.5) is 35.5 Å². The second-order valence-corrected chi connectivity index (χ2v) is 11.3. The number of hydrogen-bond acceptors (Lipinski definition) is 8. The number of halogens is 7. The van der Waals surface area contributed by atoms with Crippen LogP contribution >= 0.6 is 0 Å². The van der Waals surface area contributed by atoms with Gasteiger partial charge in [-0.15, -0.1) is 0 Å². The number of imidazole rings is 1. The van der Waals surface area contributed by atoms with Crippen molar-refractivity contribution in [3.8, 4) is 0 Å². The van der Waals surface area contributed by atoms with E-state index in [-0.39, 0.29) is 41.4 Å². The molecule has 1 aliphatic heterocycles. The van der Waals surface area contributed by atoms with Gasteiger partial charge < -0.3 is 15.5 Å². The lowest BCUT2D eigenvalue weighted by Crippen LogP contribution is -2.61. The van der Waals surface area contributed by atoms with Crippen LogP contribution in [-0.4, -0.2) is 77.3 Å². The molecule has 0 aromatic carbocycles. The summed E-state index contributed by atoms with van der Waals surface area (Å²) in [7, 11) is 0. The SMILES string of the molecule is Cc1nonc1C(=O)N[C@H](c1cn2ncc(C3(N4C[C@@H](C(F)(F)F)NC4=O)CC(F)(F)C3)nc2n1)C1CCC(F)(F)CC1. The van der Waals surface area contributed by atoms with Crippen LogP contribution in [0.3, 0.4) is 0 Å². The third-order valence-corrected chi connectivity index (χ3v) is 8.32. The van der Waals surface area contributed by atoms with E-state index < -0.39 is 85.7 Å². The molecule has 2 N–H and O–H groups in total. The smallest absolute Gasteiger partial charge is 0.342 e. The molecule has 0 bridgehead atoms. The first-order chi connectivity index (χ1) is 20.1. The first kappa shape index (κ1) is 29.0. The van der Waals surface area contributed by atoms with Gasteiger partial charge in [0.15, 0.2) is 5.69 Å². The van der Waals surface area contributed by atoms with Crippen molar-refractivity contribution in [1.29, 1.82) is 0 Å². The molecule has 6 rings (SSSR count). The quantitative estimate of drug-likeness (QED) is 0.398. The van der Waals surface area contributed by atoms with Crippen LogP contribution in [0.5, 0.6) is 0 Å². The van der Waals surface area contributed by atoms with Gasteiger partial charge in [0.2, 0.25) is 5.92 Å². The molecule has 2 aliphatic carbocycles. The molecule has 2 atom stereocenters. The summed E-state index contributed by atoms with van der Waals surface area (Å²) < 4.78 is 102. The van der Waals surface area contributed by atoms with Gasteiger partial charge >= 0.3 is 12.2 Å². The van der Waals surface area contributed by atoms with Crippen LogP contribution in [0.1, 0.15) is 72.1 Å². The van der Waals surface area contributed by atoms with Gasteiger partial charge in [-0.1, -0.05) is 5.16 Å². The van der Waals surface area contributed by atoms with Gasteiger partial charge in [0.1, 0.15) is 17.3 Å². The van der Waals surface area contributed by atoms with Crippen LogP contribution in [0.2, 0.25) is 0 Å². The largest absolute Gasteiger partial charge is 0.410 e. The number of nitrogens with one attached hydrogen (secondary N) is 2. The van der Waals surface area contributed by atoms with Crippen molar-refractivity contribution >= 4 is 17.7 Å². The predicted molar refractivity (Wildman–Crippen MR) is 128 cm³/mol. The van der Waals surface area contributed by atoms with Gasteiger partial charge in [0, 0.05) is 25.7 Å². The van der Waals surface area contributed by atoms with Gasteiger partial charge in [0.25, 0.3) is 17.6 Å². The maximum Gasteiger partial charge on any atom is 0.410 e. The van der Waals surface area contributed by atoms with Gasteiger partial charge in [0.05, 0.1) is 36.4 Å². The fraction of sp³-hybridized carbons (Fsp3) is 0.625. The minimum absolute atomic E-state index is 0.0383. The Balaban J connectivity index is 1.34. The Kier molecular flexibility index (Phi) is 6.57. The molecule has 3 aliphatic rings. The lowest BCUT2D eigenvalue weighted by Gasteiger charge is -2.51. The highest BCUT2D eigenvalue weighted by molar-refractivity contribution is 5.93. The zero-order valence-corrected chi connectivity index (χ0v) is 22.3. The van der Waals surface area contributed by atoms with E-state index in [0.717, 1.165) is 10.7 Å². The van der Waals surface area contributed by atoms with Gasteiger partial charge in [-0.3, -0.25) is 4.79 Å². The van der Waals surface area contributed by atoms with E-state index in [2.05, 4.69) is 35.3 Å². The molecule has 12 nitrogen and oxygen atoms in total. The van der Waals surface area contributed by atoms with Crippen molar-refractivity contribution < 1.29 is 45.0 Å². The number of carbonyl (C=O) groups excluding carboxylic acids is 2. The lowest BCUT2D eigenvalue weighted by molar-refractivity contribution is -0.177. The molecule has 2 saturated carbocycles. The molecule has 3 aromatic rings.